The van der Waals surface area contributed by atoms with Gasteiger partial charge in [-0.05, 0) is 56.7 Å². The SMILES string of the molecule is CCN(CC)c1ccc(NC(=O)C(=O)Nc2cc(F)ccc2F)c(C)c1. The number of hydrogen-bond acceptors (Lipinski definition) is 3. The molecule has 0 fully saturated rings. The molecule has 0 aliphatic rings. The lowest BCUT2D eigenvalue weighted by molar-refractivity contribution is -0.133. The van der Waals surface area contributed by atoms with Crippen molar-refractivity contribution in [1.29, 1.82) is 0 Å². The number of hydrogen-bond donors (Lipinski definition) is 2. The quantitative estimate of drug-likeness (QED) is 0.799. The fraction of sp³-hybridized carbons (Fsp3) is 0.263. The van der Waals surface area contributed by atoms with Crippen LogP contribution in [0.5, 0.6) is 0 Å². The third-order valence-corrected chi connectivity index (χ3v) is 3.97. The summed E-state index contributed by atoms with van der Waals surface area (Å²) in [6.45, 7) is 7.61. The highest BCUT2D eigenvalue weighted by molar-refractivity contribution is 6.43. The van der Waals surface area contributed by atoms with E-state index in [-0.39, 0.29) is 0 Å². The standard InChI is InChI=1S/C19H21F2N3O2/c1-4-24(5-2)14-7-9-16(12(3)10-14)22-18(25)19(26)23-17-11-13(20)6-8-15(17)21/h6-11H,4-5H2,1-3H3,(H,22,25)(H,23,26). The highest BCUT2D eigenvalue weighted by atomic mass is 19.1. The summed E-state index contributed by atoms with van der Waals surface area (Å²) in [5.41, 5.74) is 1.88. The molecule has 0 aromatic heterocycles. The Labute approximate surface area is 151 Å². The fourth-order valence-corrected chi connectivity index (χ4v) is 2.52. The van der Waals surface area contributed by atoms with Gasteiger partial charge >= 0.3 is 11.8 Å². The smallest absolute Gasteiger partial charge is 0.314 e. The van der Waals surface area contributed by atoms with Crippen LogP contribution in [0.3, 0.4) is 0 Å². The second kappa shape index (κ2) is 8.42. The molecule has 0 atom stereocenters. The summed E-state index contributed by atoms with van der Waals surface area (Å²) in [5, 5.41) is 4.54. The van der Waals surface area contributed by atoms with Gasteiger partial charge in [0.1, 0.15) is 11.6 Å². The Hall–Kier alpha value is -2.96. The molecule has 0 radical (unpaired) electrons. The van der Waals surface area contributed by atoms with Crippen LogP contribution in [-0.4, -0.2) is 24.9 Å². The van der Waals surface area contributed by atoms with Crippen molar-refractivity contribution in [3.63, 3.8) is 0 Å². The van der Waals surface area contributed by atoms with Gasteiger partial charge in [-0.15, -0.1) is 0 Å². The van der Waals surface area contributed by atoms with E-state index >= 15 is 0 Å². The second-order valence-corrected chi connectivity index (χ2v) is 5.70. The Bertz CT molecular complexity index is 820. The normalized spacial score (nSPS) is 10.3. The number of carbonyl (C=O) groups excluding carboxylic acids is 2. The topological polar surface area (TPSA) is 61.4 Å². The van der Waals surface area contributed by atoms with E-state index in [0.717, 1.165) is 42.5 Å². The third kappa shape index (κ3) is 4.56. The Morgan fingerprint density at radius 3 is 2.12 bits per heavy atom. The number of nitrogens with one attached hydrogen (secondary N) is 2. The second-order valence-electron chi connectivity index (χ2n) is 5.70. The summed E-state index contributed by atoms with van der Waals surface area (Å²) in [6, 6.07) is 8.07. The minimum Gasteiger partial charge on any atom is -0.372 e. The van der Waals surface area contributed by atoms with Crippen molar-refractivity contribution in [3.05, 3.63) is 53.6 Å². The van der Waals surface area contributed by atoms with Crippen molar-refractivity contribution in [2.45, 2.75) is 20.8 Å². The Morgan fingerprint density at radius 2 is 1.54 bits per heavy atom. The average molecular weight is 361 g/mol. The zero-order valence-electron chi connectivity index (χ0n) is 14.9. The molecule has 5 nitrogen and oxygen atoms in total. The Morgan fingerprint density at radius 1 is 0.923 bits per heavy atom. The number of halogens is 2. The molecule has 2 rings (SSSR count). The largest absolute Gasteiger partial charge is 0.372 e. The predicted octanol–water partition coefficient (Wildman–Crippen LogP) is 3.70. The van der Waals surface area contributed by atoms with Crippen molar-refractivity contribution in [3.8, 4) is 0 Å². The van der Waals surface area contributed by atoms with Crippen molar-refractivity contribution in [2.75, 3.05) is 28.6 Å². The minimum atomic E-state index is -1.08. The van der Waals surface area contributed by atoms with Gasteiger partial charge in [0.05, 0.1) is 5.69 Å². The number of amides is 2. The van der Waals surface area contributed by atoms with Crippen molar-refractivity contribution < 1.29 is 18.4 Å². The van der Waals surface area contributed by atoms with Crippen LogP contribution in [0.25, 0.3) is 0 Å². The number of carbonyl (C=O) groups is 2. The Kier molecular flexibility index (Phi) is 6.27. The summed E-state index contributed by atoms with van der Waals surface area (Å²) in [5.74, 6) is -3.59. The maximum Gasteiger partial charge on any atom is 0.314 e. The van der Waals surface area contributed by atoms with E-state index in [1.54, 1.807) is 6.07 Å². The molecule has 2 aromatic carbocycles. The number of anilines is 3. The van der Waals surface area contributed by atoms with Gasteiger partial charge in [0.15, 0.2) is 0 Å². The number of rotatable bonds is 5. The first kappa shape index (κ1) is 19.4. The zero-order chi connectivity index (χ0) is 19.3. The molecule has 0 aliphatic heterocycles. The lowest BCUT2D eigenvalue weighted by Crippen LogP contribution is -2.29. The average Bonchev–Trinajstić information content (AvgIpc) is 2.61. The zero-order valence-corrected chi connectivity index (χ0v) is 14.9. The van der Waals surface area contributed by atoms with Gasteiger partial charge in [-0.2, -0.15) is 0 Å². The van der Waals surface area contributed by atoms with Gasteiger partial charge in [0.25, 0.3) is 0 Å². The van der Waals surface area contributed by atoms with Crippen LogP contribution in [-0.2, 0) is 9.59 Å². The molecule has 0 saturated heterocycles. The van der Waals surface area contributed by atoms with Crippen molar-refractivity contribution in [2.24, 2.45) is 0 Å². The summed E-state index contributed by atoms with van der Waals surface area (Å²) in [6.07, 6.45) is 0. The van der Waals surface area contributed by atoms with Crippen molar-refractivity contribution in [1.82, 2.24) is 0 Å². The lowest BCUT2D eigenvalue weighted by atomic mass is 10.1. The van der Waals surface area contributed by atoms with Crippen LogP contribution >= 0.6 is 0 Å². The first-order valence-electron chi connectivity index (χ1n) is 8.28. The first-order chi connectivity index (χ1) is 12.3. The third-order valence-electron chi connectivity index (χ3n) is 3.97. The maximum absolute atomic E-state index is 13.6. The highest BCUT2D eigenvalue weighted by Crippen LogP contribution is 2.23. The van der Waals surface area contributed by atoms with Crippen LogP contribution in [0.1, 0.15) is 19.4 Å². The van der Waals surface area contributed by atoms with Crippen LogP contribution in [0.4, 0.5) is 25.8 Å². The molecular weight excluding hydrogens is 340 g/mol. The number of aryl methyl sites for hydroxylation is 1. The van der Waals surface area contributed by atoms with E-state index < -0.39 is 29.1 Å². The van der Waals surface area contributed by atoms with Crippen LogP contribution in [0.2, 0.25) is 0 Å². The fourth-order valence-electron chi connectivity index (χ4n) is 2.52. The molecule has 2 amide bonds. The molecule has 0 heterocycles. The number of benzene rings is 2. The maximum atomic E-state index is 13.6. The molecular formula is C19H21F2N3O2. The van der Waals surface area contributed by atoms with Crippen LogP contribution < -0.4 is 15.5 Å². The molecule has 0 bridgehead atoms. The van der Waals surface area contributed by atoms with Gasteiger partial charge in [-0.25, -0.2) is 8.78 Å². The molecule has 7 heteroatoms. The van der Waals surface area contributed by atoms with Gasteiger partial charge in [-0.1, -0.05) is 0 Å². The predicted molar refractivity (Wildman–Crippen MR) is 98.4 cm³/mol. The molecule has 0 unspecified atom stereocenters. The molecule has 2 N–H and O–H groups in total. The highest BCUT2D eigenvalue weighted by Gasteiger charge is 2.17. The van der Waals surface area contributed by atoms with E-state index in [1.165, 1.54) is 0 Å². The van der Waals surface area contributed by atoms with Gasteiger partial charge in [0.2, 0.25) is 0 Å². The monoisotopic (exact) mass is 361 g/mol. The van der Waals surface area contributed by atoms with E-state index in [0.29, 0.717) is 5.69 Å². The van der Waals surface area contributed by atoms with E-state index in [9.17, 15) is 18.4 Å². The molecule has 0 aliphatic carbocycles. The van der Waals surface area contributed by atoms with Crippen molar-refractivity contribution >= 4 is 28.9 Å². The molecule has 26 heavy (non-hydrogen) atoms. The van der Waals surface area contributed by atoms with E-state index in [2.05, 4.69) is 15.5 Å². The molecule has 138 valence electrons. The molecule has 0 spiro atoms. The van der Waals surface area contributed by atoms with Gasteiger partial charge in [0, 0.05) is 30.5 Å². The molecule has 0 saturated carbocycles. The first-order valence-corrected chi connectivity index (χ1v) is 8.28. The van der Waals surface area contributed by atoms with E-state index in [1.807, 2.05) is 32.9 Å². The van der Waals surface area contributed by atoms with Gasteiger partial charge in [-0.3, -0.25) is 9.59 Å². The van der Waals surface area contributed by atoms with Crippen LogP contribution in [0, 0.1) is 18.6 Å². The lowest BCUT2D eigenvalue weighted by Gasteiger charge is -2.22. The van der Waals surface area contributed by atoms with Crippen LogP contribution in [0.15, 0.2) is 36.4 Å². The summed E-state index contributed by atoms with van der Waals surface area (Å²) < 4.78 is 26.7. The minimum absolute atomic E-state index is 0.390. The molecule has 2 aromatic rings. The summed E-state index contributed by atoms with van der Waals surface area (Å²) in [4.78, 5) is 26.1. The summed E-state index contributed by atoms with van der Waals surface area (Å²) in [7, 11) is 0. The summed E-state index contributed by atoms with van der Waals surface area (Å²) >= 11 is 0. The Balaban J connectivity index is 2.09. The number of nitrogens with zero attached hydrogens (tertiary/aromatic N) is 1. The van der Waals surface area contributed by atoms with Gasteiger partial charge < -0.3 is 15.5 Å². The van der Waals surface area contributed by atoms with E-state index in [4.69, 9.17) is 0 Å².